The van der Waals surface area contributed by atoms with Crippen LogP contribution in [0.4, 0.5) is 0 Å². The van der Waals surface area contributed by atoms with Crippen molar-refractivity contribution >= 4 is 27.9 Å². The number of benzene rings is 1. The number of carbonyl (C=O) groups excluding carboxylic acids is 1. The Morgan fingerprint density at radius 2 is 2.10 bits per heavy atom. The van der Waals surface area contributed by atoms with Crippen LogP contribution in [0.5, 0.6) is 0 Å². The Kier molecular flexibility index (Phi) is 6.22. The van der Waals surface area contributed by atoms with Gasteiger partial charge in [0.2, 0.25) is 5.91 Å². The molecule has 110 valence electrons. The van der Waals surface area contributed by atoms with Gasteiger partial charge in [-0.15, -0.1) is 0 Å². The van der Waals surface area contributed by atoms with Crippen LogP contribution in [0.3, 0.4) is 0 Å². The van der Waals surface area contributed by atoms with E-state index in [0.717, 1.165) is 29.4 Å². The lowest BCUT2D eigenvalue weighted by Gasteiger charge is -2.03. The minimum absolute atomic E-state index is 0.0549. The summed E-state index contributed by atoms with van der Waals surface area (Å²) in [6.45, 7) is 1.54. The molecule has 1 aromatic heterocycles. The zero-order valence-electron chi connectivity index (χ0n) is 11.7. The van der Waals surface area contributed by atoms with E-state index in [1.165, 1.54) is 0 Å². The molecule has 0 aliphatic heterocycles. The predicted molar refractivity (Wildman–Crippen MR) is 87.6 cm³/mol. The molecule has 1 aromatic carbocycles. The van der Waals surface area contributed by atoms with Gasteiger partial charge < -0.3 is 5.32 Å². The van der Waals surface area contributed by atoms with Gasteiger partial charge >= 0.3 is 0 Å². The first-order valence-electron chi connectivity index (χ1n) is 6.93. The number of hydrogen-bond acceptors (Lipinski definition) is 2. The standard InChI is InChI=1S/C16H18BrN3O/c17-15-12-19-20(13-15)11-5-4-10-18-16(21)9-8-14-6-2-1-3-7-14/h1-3,6-9,12-13H,4-5,10-11H2,(H,18,21)/b9-8+. The highest BCUT2D eigenvalue weighted by atomic mass is 79.9. The van der Waals surface area contributed by atoms with Gasteiger partial charge in [0.25, 0.3) is 0 Å². The second kappa shape index (κ2) is 8.42. The fraction of sp³-hybridized carbons (Fsp3) is 0.250. The summed E-state index contributed by atoms with van der Waals surface area (Å²) < 4.78 is 2.88. The third-order valence-electron chi connectivity index (χ3n) is 2.94. The molecule has 0 radical (unpaired) electrons. The highest BCUT2D eigenvalue weighted by molar-refractivity contribution is 9.10. The van der Waals surface area contributed by atoms with E-state index in [4.69, 9.17) is 0 Å². The molecule has 0 spiro atoms. The minimum Gasteiger partial charge on any atom is -0.353 e. The first kappa shape index (κ1) is 15.5. The smallest absolute Gasteiger partial charge is 0.243 e. The van der Waals surface area contributed by atoms with Crippen LogP contribution in [0, 0.1) is 0 Å². The molecular weight excluding hydrogens is 330 g/mol. The topological polar surface area (TPSA) is 46.9 Å². The summed E-state index contributed by atoms with van der Waals surface area (Å²) in [7, 11) is 0. The number of nitrogens with zero attached hydrogens (tertiary/aromatic N) is 2. The Bertz CT molecular complexity index is 593. The Balaban J connectivity index is 1.60. The lowest BCUT2D eigenvalue weighted by Crippen LogP contribution is -2.22. The number of rotatable bonds is 7. The molecule has 0 saturated heterocycles. The van der Waals surface area contributed by atoms with Gasteiger partial charge in [0, 0.05) is 25.4 Å². The van der Waals surface area contributed by atoms with Crippen LogP contribution in [0.1, 0.15) is 18.4 Å². The third-order valence-corrected chi connectivity index (χ3v) is 3.35. The first-order chi connectivity index (χ1) is 10.2. The molecule has 2 aromatic rings. The van der Waals surface area contributed by atoms with Gasteiger partial charge in [0.15, 0.2) is 0 Å². The molecule has 1 N–H and O–H groups in total. The van der Waals surface area contributed by atoms with Crippen molar-refractivity contribution in [3.05, 3.63) is 58.8 Å². The van der Waals surface area contributed by atoms with Crippen LogP contribution >= 0.6 is 15.9 Å². The molecule has 0 saturated carbocycles. The molecule has 0 aliphatic carbocycles. The molecule has 0 bridgehead atoms. The third kappa shape index (κ3) is 5.95. The normalized spacial score (nSPS) is 10.9. The average molecular weight is 348 g/mol. The van der Waals surface area contributed by atoms with Crippen LogP contribution in [0.2, 0.25) is 0 Å². The van der Waals surface area contributed by atoms with Gasteiger partial charge in [-0.1, -0.05) is 30.3 Å². The maximum atomic E-state index is 11.6. The Morgan fingerprint density at radius 1 is 1.29 bits per heavy atom. The van der Waals surface area contributed by atoms with E-state index in [1.807, 2.05) is 47.3 Å². The highest BCUT2D eigenvalue weighted by Gasteiger charge is 1.97. The summed E-state index contributed by atoms with van der Waals surface area (Å²) in [6, 6.07) is 9.78. The molecule has 0 atom stereocenters. The van der Waals surface area contributed by atoms with E-state index >= 15 is 0 Å². The summed E-state index contributed by atoms with van der Waals surface area (Å²) in [6.07, 6.45) is 9.02. The van der Waals surface area contributed by atoms with Crippen LogP contribution in [0.15, 0.2) is 53.3 Å². The van der Waals surface area contributed by atoms with E-state index in [1.54, 1.807) is 12.3 Å². The van der Waals surface area contributed by atoms with Crippen molar-refractivity contribution in [2.45, 2.75) is 19.4 Å². The summed E-state index contributed by atoms with van der Waals surface area (Å²) >= 11 is 3.36. The van der Waals surface area contributed by atoms with Crippen LogP contribution < -0.4 is 5.32 Å². The number of nitrogens with one attached hydrogen (secondary N) is 1. The maximum absolute atomic E-state index is 11.6. The van der Waals surface area contributed by atoms with Crippen molar-refractivity contribution in [2.24, 2.45) is 0 Å². The molecule has 4 nitrogen and oxygen atoms in total. The van der Waals surface area contributed by atoms with Crippen molar-refractivity contribution in [1.82, 2.24) is 15.1 Å². The van der Waals surface area contributed by atoms with Gasteiger partial charge in [-0.25, -0.2) is 0 Å². The largest absolute Gasteiger partial charge is 0.353 e. The quantitative estimate of drug-likeness (QED) is 0.617. The Morgan fingerprint density at radius 3 is 2.81 bits per heavy atom. The summed E-state index contributed by atoms with van der Waals surface area (Å²) in [4.78, 5) is 11.6. The van der Waals surface area contributed by atoms with E-state index in [2.05, 4.69) is 26.3 Å². The van der Waals surface area contributed by atoms with E-state index < -0.39 is 0 Å². The minimum atomic E-state index is -0.0549. The van der Waals surface area contributed by atoms with Crippen LogP contribution in [0.25, 0.3) is 6.08 Å². The zero-order valence-corrected chi connectivity index (χ0v) is 13.3. The Labute approximate surface area is 133 Å². The molecule has 0 unspecified atom stereocenters. The fourth-order valence-corrected chi connectivity index (χ4v) is 2.19. The van der Waals surface area contributed by atoms with E-state index in [9.17, 15) is 4.79 Å². The molecule has 1 amide bonds. The van der Waals surface area contributed by atoms with Gasteiger partial charge in [-0.2, -0.15) is 5.10 Å². The van der Waals surface area contributed by atoms with Crippen molar-refractivity contribution < 1.29 is 4.79 Å². The van der Waals surface area contributed by atoms with E-state index in [0.29, 0.717) is 6.54 Å². The monoisotopic (exact) mass is 347 g/mol. The number of aryl methyl sites for hydroxylation is 1. The number of halogens is 1. The van der Waals surface area contributed by atoms with Gasteiger partial charge in [0.05, 0.1) is 10.7 Å². The molecule has 2 rings (SSSR count). The van der Waals surface area contributed by atoms with Crippen molar-refractivity contribution in [2.75, 3.05) is 6.54 Å². The molecule has 5 heteroatoms. The maximum Gasteiger partial charge on any atom is 0.243 e. The second-order valence-electron chi connectivity index (χ2n) is 4.66. The SMILES string of the molecule is O=C(/C=C/c1ccccc1)NCCCCn1cc(Br)cn1. The number of hydrogen-bond donors (Lipinski definition) is 1. The molecule has 21 heavy (non-hydrogen) atoms. The molecule has 1 heterocycles. The highest BCUT2D eigenvalue weighted by Crippen LogP contribution is 2.06. The first-order valence-corrected chi connectivity index (χ1v) is 7.72. The lowest BCUT2D eigenvalue weighted by atomic mass is 10.2. The molecule has 0 fully saturated rings. The predicted octanol–water partition coefficient (Wildman–Crippen LogP) is 3.26. The fourth-order valence-electron chi connectivity index (χ4n) is 1.87. The number of carbonyl (C=O) groups is 1. The zero-order chi connectivity index (χ0) is 14.9. The van der Waals surface area contributed by atoms with E-state index in [-0.39, 0.29) is 5.91 Å². The molecular formula is C16H18BrN3O. The summed E-state index contributed by atoms with van der Waals surface area (Å²) in [5.74, 6) is -0.0549. The number of unbranched alkanes of at least 4 members (excludes halogenated alkanes) is 1. The summed E-state index contributed by atoms with van der Waals surface area (Å²) in [5, 5.41) is 7.06. The van der Waals surface area contributed by atoms with Gasteiger partial charge in [0.1, 0.15) is 0 Å². The number of amides is 1. The van der Waals surface area contributed by atoms with Gasteiger partial charge in [-0.3, -0.25) is 9.48 Å². The second-order valence-corrected chi connectivity index (χ2v) is 5.58. The van der Waals surface area contributed by atoms with Crippen molar-refractivity contribution in [3.8, 4) is 0 Å². The number of aromatic nitrogens is 2. The van der Waals surface area contributed by atoms with Crippen LogP contribution in [-0.2, 0) is 11.3 Å². The average Bonchev–Trinajstić information content (AvgIpc) is 2.91. The van der Waals surface area contributed by atoms with Crippen molar-refractivity contribution in [3.63, 3.8) is 0 Å². The summed E-state index contributed by atoms with van der Waals surface area (Å²) in [5.41, 5.74) is 1.02. The van der Waals surface area contributed by atoms with Gasteiger partial charge in [-0.05, 0) is 40.4 Å². The van der Waals surface area contributed by atoms with Crippen LogP contribution in [-0.4, -0.2) is 22.2 Å². The lowest BCUT2D eigenvalue weighted by molar-refractivity contribution is -0.116. The van der Waals surface area contributed by atoms with Crippen molar-refractivity contribution in [1.29, 1.82) is 0 Å². The molecule has 0 aliphatic rings. The Hall–Kier alpha value is -1.88.